The lowest BCUT2D eigenvalue weighted by atomic mass is 10.2. The van der Waals surface area contributed by atoms with E-state index in [1.54, 1.807) is 18.1 Å². The SMILES string of the molecule is COc1cccc(NC(=O)N2Cc3cccn3-c3ccccc32)c1. The Labute approximate surface area is 140 Å². The van der Waals surface area contributed by atoms with Gasteiger partial charge in [-0.2, -0.15) is 0 Å². The number of benzene rings is 2. The van der Waals surface area contributed by atoms with Gasteiger partial charge < -0.3 is 14.6 Å². The Kier molecular flexibility index (Phi) is 3.46. The van der Waals surface area contributed by atoms with E-state index in [0.717, 1.165) is 17.1 Å². The zero-order chi connectivity index (χ0) is 16.5. The fraction of sp³-hybridized carbons (Fsp3) is 0.105. The van der Waals surface area contributed by atoms with Gasteiger partial charge in [-0.15, -0.1) is 0 Å². The Morgan fingerprint density at radius 1 is 1.04 bits per heavy atom. The minimum Gasteiger partial charge on any atom is -0.497 e. The molecule has 0 spiro atoms. The maximum Gasteiger partial charge on any atom is 0.326 e. The smallest absolute Gasteiger partial charge is 0.326 e. The van der Waals surface area contributed by atoms with Gasteiger partial charge >= 0.3 is 6.03 Å². The molecule has 3 aromatic rings. The second kappa shape index (κ2) is 5.77. The molecule has 0 saturated heterocycles. The molecule has 1 N–H and O–H groups in total. The topological polar surface area (TPSA) is 46.5 Å². The van der Waals surface area contributed by atoms with Crippen molar-refractivity contribution < 1.29 is 9.53 Å². The molecule has 2 amide bonds. The van der Waals surface area contributed by atoms with Gasteiger partial charge in [-0.3, -0.25) is 4.90 Å². The first-order valence-corrected chi connectivity index (χ1v) is 7.74. The second-order valence-corrected chi connectivity index (χ2v) is 5.61. The normalized spacial score (nSPS) is 12.3. The first-order valence-electron chi connectivity index (χ1n) is 7.74. The van der Waals surface area contributed by atoms with Crippen LogP contribution in [-0.4, -0.2) is 17.7 Å². The van der Waals surface area contributed by atoms with E-state index in [4.69, 9.17) is 4.74 Å². The molecule has 1 aliphatic rings. The standard InChI is InChI=1S/C19H17N3O2/c1-24-16-8-4-6-14(12-16)20-19(23)22-13-15-7-5-11-21(15)17-9-2-3-10-18(17)22/h2-12H,13H2,1H3,(H,20,23). The summed E-state index contributed by atoms with van der Waals surface area (Å²) in [5, 5.41) is 2.95. The molecule has 0 atom stereocenters. The molecule has 0 fully saturated rings. The van der Waals surface area contributed by atoms with Gasteiger partial charge in [-0.1, -0.05) is 18.2 Å². The lowest BCUT2D eigenvalue weighted by Gasteiger charge is -2.31. The summed E-state index contributed by atoms with van der Waals surface area (Å²) in [5.74, 6) is 0.709. The molecule has 0 radical (unpaired) electrons. The zero-order valence-corrected chi connectivity index (χ0v) is 13.3. The van der Waals surface area contributed by atoms with Crippen LogP contribution in [0.5, 0.6) is 5.75 Å². The lowest BCUT2D eigenvalue weighted by Crippen LogP contribution is -2.38. The third-order valence-corrected chi connectivity index (χ3v) is 4.15. The highest BCUT2D eigenvalue weighted by Gasteiger charge is 2.25. The highest BCUT2D eigenvalue weighted by Crippen LogP contribution is 2.32. The van der Waals surface area contributed by atoms with Crippen LogP contribution in [0.25, 0.3) is 5.69 Å². The summed E-state index contributed by atoms with van der Waals surface area (Å²) >= 11 is 0. The van der Waals surface area contributed by atoms with Gasteiger partial charge in [0.2, 0.25) is 0 Å². The Morgan fingerprint density at radius 3 is 2.71 bits per heavy atom. The summed E-state index contributed by atoms with van der Waals surface area (Å²) in [5.41, 5.74) is 3.68. The number of nitrogens with one attached hydrogen (secondary N) is 1. The van der Waals surface area contributed by atoms with Gasteiger partial charge in [0.25, 0.3) is 0 Å². The van der Waals surface area contributed by atoms with Crippen molar-refractivity contribution in [1.82, 2.24) is 4.57 Å². The number of hydrogen-bond acceptors (Lipinski definition) is 2. The zero-order valence-electron chi connectivity index (χ0n) is 13.3. The highest BCUT2D eigenvalue weighted by molar-refractivity contribution is 6.03. The van der Waals surface area contributed by atoms with Gasteiger partial charge in [-0.05, 0) is 36.4 Å². The molecule has 0 bridgehead atoms. The number of para-hydroxylation sites is 2. The van der Waals surface area contributed by atoms with Gasteiger partial charge in [-0.25, -0.2) is 4.79 Å². The van der Waals surface area contributed by atoms with Crippen molar-refractivity contribution in [2.75, 3.05) is 17.3 Å². The molecule has 2 aromatic carbocycles. The highest BCUT2D eigenvalue weighted by atomic mass is 16.5. The van der Waals surface area contributed by atoms with Crippen LogP contribution >= 0.6 is 0 Å². The quantitative estimate of drug-likeness (QED) is 0.775. The van der Waals surface area contributed by atoms with Crippen LogP contribution in [0.15, 0.2) is 66.9 Å². The summed E-state index contributed by atoms with van der Waals surface area (Å²) in [4.78, 5) is 14.6. The van der Waals surface area contributed by atoms with Crippen LogP contribution in [0, 0.1) is 0 Å². The third kappa shape index (κ3) is 2.40. The van der Waals surface area contributed by atoms with Gasteiger partial charge in [0, 0.05) is 23.6 Å². The summed E-state index contributed by atoms with van der Waals surface area (Å²) in [6.45, 7) is 0.528. The van der Waals surface area contributed by atoms with E-state index < -0.39 is 0 Å². The molecule has 0 saturated carbocycles. The molecular formula is C19H17N3O2. The van der Waals surface area contributed by atoms with Crippen LogP contribution in [0.1, 0.15) is 5.69 Å². The number of urea groups is 1. The van der Waals surface area contributed by atoms with Crippen LogP contribution in [0.4, 0.5) is 16.2 Å². The fourth-order valence-electron chi connectivity index (χ4n) is 3.00. The van der Waals surface area contributed by atoms with Crippen molar-refractivity contribution in [2.45, 2.75) is 6.54 Å². The molecule has 2 heterocycles. The number of anilines is 2. The molecule has 1 aliphatic heterocycles. The maximum absolute atomic E-state index is 12.8. The first-order chi connectivity index (χ1) is 11.8. The maximum atomic E-state index is 12.8. The number of aromatic nitrogens is 1. The molecule has 5 nitrogen and oxygen atoms in total. The first kappa shape index (κ1) is 14.4. The van der Waals surface area contributed by atoms with E-state index >= 15 is 0 Å². The van der Waals surface area contributed by atoms with Gasteiger partial charge in [0.05, 0.1) is 25.0 Å². The van der Waals surface area contributed by atoms with Crippen molar-refractivity contribution in [3.63, 3.8) is 0 Å². The Morgan fingerprint density at radius 2 is 1.88 bits per heavy atom. The minimum absolute atomic E-state index is 0.164. The molecule has 4 rings (SSSR count). The third-order valence-electron chi connectivity index (χ3n) is 4.15. The van der Waals surface area contributed by atoms with Crippen molar-refractivity contribution in [1.29, 1.82) is 0 Å². The molecule has 0 unspecified atom stereocenters. The summed E-state index contributed by atoms with van der Waals surface area (Å²) in [6.07, 6.45) is 2.02. The van der Waals surface area contributed by atoms with Crippen molar-refractivity contribution in [2.24, 2.45) is 0 Å². The molecule has 0 aliphatic carbocycles. The van der Waals surface area contributed by atoms with Crippen molar-refractivity contribution >= 4 is 17.4 Å². The summed E-state index contributed by atoms with van der Waals surface area (Å²) < 4.78 is 7.32. The average Bonchev–Trinajstić information content (AvgIpc) is 3.10. The Balaban J connectivity index is 1.66. The molecule has 24 heavy (non-hydrogen) atoms. The fourth-order valence-corrected chi connectivity index (χ4v) is 3.00. The molecule has 120 valence electrons. The lowest BCUT2D eigenvalue weighted by molar-refractivity contribution is 0.256. The number of fused-ring (bicyclic) bond motifs is 3. The predicted octanol–water partition coefficient (Wildman–Crippen LogP) is 4.04. The number of amides is 2. The number of methoxy groups -OCH3 is 1. The number of nitrogens with zero attached hydrogens (tertiary/aromatic N) is 2. The van der Waals surface area contributed by atoms with E-state index in [1.165, 1.54) is 0 Å². The van der Waals surface area contributed by atoms with Crippen molar-refractivity contribution in [3.05, 3.63) is 72.6 Å². The van der Waals surface area contributed by atoms with E-state index in [0.29, 0.717) is 18.0 Å². The predicted molar refractivity (Wildman–Crippen MR) is 94.0 cm³/mol. The van der Waals surface area contributed by atoms with Gasteiger partial charge in [0.1, 0.15) is 5.75 Å². The van der Waals surface area contributed by atoms with Crippen LogP contribution in [0.3, 0.4) is 0 Å². The largest absolute Gasteiger partial charge is 0.497 e. The number of carbonyl (C=O) groups is 1. The summed E-state index contributed by atoms with van der Waals surface area (Å²) in [6, 6.07) is 19.1. The van der Waals surface area contributed by atoms with Crippen LogP contribution in [0.2, 0.25) is 0 Å². The minimum atomic E-state index is -0.164. The van der Waals surface area contributed by atoms with Crippen LogP contribution in [-0.2, 0) is 6.54 Å². The second-order valence-electron chi connectivity index (χ2n) is 5.61. The Bertz CT molecular complexity index is 901. The van der Waals surface area contributed by atoms with E-state index in [9.17, 15) is 4.79 Å². The molecule has 5 heteroatoms. The molecular weight excluding hydrogens is 302 g/mol. The van der Waals surface area contributed by atoms with Gasteiger partial charge in [0.15, 0.2) is 0 Å². The number of ether oxygens (including phenoxy) is 1. The number of rotatable bonds is 2. The number of hydrogen-bond donors (Lipinski definition) is 1. The van der Waals surface area contributed by atoms with Crippen molar-refractivity contribution in [3.8, 4) is 11.4 Å². The molecule has 1 aromatic heterocycles. The monoisotopic (exact) mass is 319 g/mol. The average molecular weight is 319 g/mol. The van der Waals surface area contributed by atoms with E-state index in [-0.39, 0.29) is 6.03 Å². The van der Waals surface area contributed by atoms with Crippen LogP contribution < -0.4 is 15.0 Å². The van der Waals surface area contributed by atoms with E-state index in [1.807, 2.05) is 60.8 Å². The van der Waals surface area contributed by atoms with E-state index in [2.05, 4.69) is 9.88 Å². The summed E-state index contributed by atoms with van der Waals surface area (Å²) in [7, 11) is 1.61. The Hall–Kier alpha value is -3.21. The number of carbonyl (C=O) groups excluding carboxylic acids is 1.